The van der Waals surface area contributed by atoms with Gasteiger partial charge in [0.25, 0.3) is 5.91 Å². The molecule has 0 bridgehead atoms. The molecule has 15 nitrogen and oxygen atoms in total. The highest BCUT2D eigenvalue weighted by Gasteiger charge is 2.70. The van der Waals surface area contributed by atoms with Crippen molar-refractivity contribution in [1.29, 1.82) is 0 Å². The Bertz CT molecular complexity index is 1620. The number of amides is 6. The van der Waals surface area contributed by atoms with Gasteiger partial charge in [-0.2, -0.15) is 0 Å². The molecule has 6 amide bonds. The van der Waals surface area contributed by atoms with E-state index in [2.05, 4.69) is 21.3 Å². The molecule has 2 aliphatic heterocycles. The molecule has 4 rings (SSSR count). The number of fused-ring (bicyclic) bond motifs is 3. The summed E-state index contributed by atoms with van der Waals surface area (Å²) in [5.41, 5.74) is -1.72. The monoisotopic (exact) mass is 782 g/mol. The van der Waals surface area contributed by atoms with Crippen LogP contribution in [0, 0.1) is 17.3 Å². The zero-order valence-corrected chi connectivity index (χ0v) is 34.5. The molecule has 4 N–H and O–H groups in total. The maximum atomic E-state index is 14.5. The van der Waals surface area contributed by atoms with Gasteiger partial charge in [0.15, 0.2) is 0 Å². The number of carbonyl (C=O) groups is 7. The number of likely N-dealkylation sites (N-methyl/N-ethyl adjacent to an activating group) is 1. The number of ether oxygens (including phenoxy) is 2. The summed E-state index contributed by atoms with van der Waals surface area (Å²) < 4.78 is 11.8. The van der Waals surface area contributed by atoms with Crippen molar-refractivity contribution in [1.82, 2.24) is 31.1 Å². The average molecular weight is 783 g/mol. The van der Waals surface area contributed by atoms with Crippen LogP contribution in [-0.4, -0.2) is 114 Å². The number of rotatable bonds is 8. The topological polar surface area (TPSA) is 193 Å². The van der Waals surface area contributed by atoms with Crippen molar-refractivity contribution >= 4 is 41.4 Å². The van der Waals surface area contributed by atoms with Crippen LogP contribution in [0.3, 0.4) is 0 Å². The first-order valence-electron chi connectivity index (χ1n) is 19.8. The number of benzene rings is 1. The third-order valence-corrected chi connectivity index (χ3v) is 11.1. The second kappa shape index (κ2) is 18.2. The van der Waals surface area contributed by atoms with E-state index < -0.39 is 77.4 Å². The van der Waals surface area contributed by atoms with Crippen molar-refractivity contribution in [2.24, 2.45) is 17.3 Å². The smallest absolute Gasteiger partial charge is 0.408 e. The first kappa shape index (κ1) is 44.2. The average Bonchev–Trinajstić information content (AvgIpc) is 3.42. The van der Waals surface area contributed by atoms with Crippen LogP contribution in [0.1, 0.15) is 105 Å². The third-order valence-electron chi connectivity index (χ3n) is 11.1. The fourth-order valence-electron chi connectivity index (χ4n) is 7.85. The summed E-state index contributed by atoms with van der Waals surface area (Å²) in [7, 11) is 3.13. The molecule has 2 saturated heterocycles. The maximum absolute atomic E-state index is 14.5. The first-order valence-corrected chi connectivity index (χ1v) is 19.8. The second-order valence-electron chi connectivity index (χ2n) is 17.6. The minimum atomic E-state index is -1.22. The Hall–Kier alpha value is -4.53. The van der Waals surface area contributed by atoms with E-state index in [4.69, 9.17) is 9.47 Å². The van der Waals surface area contributed by atoms with Crippen molar-refractivity contribution in [2.75, 3.05) is 33.8 Å². The summed E-state index contributed by atoms with van der Waals surface area (Å²) >= 11 is 0. The summed E-state index contributed by atoms with van der Waals surface area (Å²) in [6.45, 7) is 12.7. The van der Waals surface area contributed by atoms with Crippen molar-refractivity contribution in [2.45, 2.75) is 129 Å². The Labute approximate surface area is 330 Å². The Kier molecular flexibility index (Phi) is 14.3. The summed E-state index contributed by atoms with van der Waals surface area (Å²) in [5, 5.41) is 10.6. The lowest BCUT2D eigenvalue weighted by atomic mass is 9.94. The Balaban J connectivity index is 1.54. The normalized spacial score (nSPS) is 25.9. The Morgan fingerprint density at radius 1 is 0.964 bits per heavy atom. The zero-order chi connectivity index (χ0) is 41.6. The SMILES string of the molecule is CN(C)C(=O)[C@@H](NC(=O)CNC(=O)C(=O)[C@@H]1CCCCCCCCOC(C)(C)[C@H](NC(=O)OC(C)(C)C)C(=O)N2CC3C([C@H]2C(=O)N1)C3(C)C)c1ccccc1. The third kappa shape index (κ3) is 11.1. The largest absolute Gasteiger partial charge is 0.444 e. The quantitative estimate of drug-likeness (QED) is 0.287. The molecule has 0 spiro atoms. The molecule has 2 heterocycles. The van der Waals surface area contributed by atoms with Crippen LogP contribution in [-0.2, 0) is 38.2 Å². The highest BCUT2D eigenvalue weighted by molar-refractivity contribution is 6.38. The van der Waals surface area contributed by atoms with E-state index in [0.29, 0.717) is 18.6 Å². The van der Waals surface area contributed by atoms with Crippen LogP contribution < -0.4 is 21.3 Å². The van der Waals surface area contributed by atoms with Crippen LogP contribution in [0.5, 0.6) is 0 Å². The molecule has 310 valence electrons. The van der Waals surface area contributed by atoms with Gasteiger partial charge in [-0.25, -0.2) is 4.79 Å². The number of Topliss-reactive ketones (excluding diaryl/α,β-unsaturated/α-hetero) is 1. The number of nitrogens with zero attached hydrogens (tertiary/aromatic N) is 2. The van der Waals surface area contributed by atoms with Crippen molar-refractivity contribution in [3.8, 4) is 0 Å². The van der Waals surface area contributed by atoms with E-state index in [-0.39, 0.29) is 36.1 Å². The number of piperidine rings is 1. The van der Waals surface area contributed by atoms with Crippen LogP contribution in [0.15, 0.2) is 30.3 Å². The maximum Gasteiger partial charge on any atom is 0.408 e. The second-order valence-corrected chi connectivity index (χ2v) is 17.6. The molecule has 1 saturated carbocycles. The highest BCUT2D eigenvalue weighted by Crippen LogP contribution is 2.65. The lowest BCUT2D eigenvalue weighted by Gasteiger charge is -2.39. The van der Waals surface area contributed by atoms with E-state index in [1.54, 1.807) is 79.0 Å². The van der Waals surface area contributed by atoms with Gasteiger partial charge in [0.2, 0.25) is 29.4 Å². The summed E-state index contributed by atoms with van der Waals surface area (Å²) in [6.07, 6.45) is 4.01. The molecule has 3 aliphatic rings. The minimum absolute atomic E-state index is 0.00550. The van der Waals surface area contributed by atoms with Gasteiger partial charge in [0, 0.05) is 27.2 Å². The summed E-state index contributed by atoms with van der Waals surface area (Å²) in [5.74, 6) is -4.36. The molecule has 1 aromatic carbocycles. The van der Waals surface area contributed by atoms with Gasteiger partial charge in [-0.15, -0.1) is 0 Å². The Morgan fingerprint density at radius 3 is 2.21 bits per heavy atom. The van der Waals surface area contributed by atoms with Gasteiger partial charge in [-0.1, -0.05) is 76.3 Å². The molecule has 0 radical (unpaired) electrons. The standard InChI is InChI=1S/C41H62N6O9/c1-39(2,3)56-38(54)45-33-37(53)47-24-26-29(40(26,4)5)31(47)34(50)43-27(21-17-12-10-11-13-18-22-55-41(33,6)7)32(49)35(51)42-23-28(48)44-30(36(52)46(8)9)25-19-15-14-16-20-25/h14-16,19-20,26-27,29-31,33H,10-13,17-18,21-24H2,1-9H3,(H,42,51)(H,43,50)(H,44,48)(H,45,54)/t26?,27-,29?,30-,31-,33+/m0/s1. The van der Waals surface area contributed by atoms with Gasteiger partial charge in [0.1, 0.15) is 23.7 Å². The predicted molar refractivity (Wildman–Crippen MR) is 208 cm³/mol. The molecular formula is C41H62N6O9. The van der Waals surface area contributed by atoms with Crippen LogP contribution in [0.4, 0.5) is 4.79 Å². The number of hydrogen-bond acceptors (Lipinski definition) is 9. The Morgan fingerprint density at radius 2 is 1.59 bits per heavy atom. The van der Waals surface area contributed by atoms with Crippen molar-refractivity contribution < 1.29 is 43.0 Å². The molecule has 1 aliphatic carbocycles. The van der Waals surface area contributed by atoms with E-state index in [1.807, 2.05) is 13.8 Å². The highest BCUT2D eigenvalue weighted by atomic mass is 16.6. The van der Waals surface area contributed by atoms with Gasteiger partial charge in [-0.05, 0) is 70.3 Å². The zero-order valence-electron chi connectivity index (χ0n) is 34.5. The molecule has 56 heavy (non-hydrogen) atoms. The molecule has 0 aromatic heterocycles. The predicted octanol–water partition coefficient (Wildman–Crippen LogP) is 3.02. The van der Waals surface area contributed by atoms with E-state index in [1.165, 1.54) is 9.80 Å². The van der Waals surface area contributed by atoms with E-state index in [0.717, 1.165) is 32.1 Å². The molecule has 2 unspecified atom stereocenters. The molecular weight excluding hydrogens is 720 g/mol. The number of hydrogen-bond donors (Lipinski definition) is 4. The van der Waals surface area contributed by atoms with Crippen LogP contribution >= 0.6 is 0 Å². The molecule has 1 aromatic rings. The lowest BCUT2D eigenvalue weighted by molar-refractivity contribution is -0.149. The van der Waals surface area contributed by atoms with Gasteiger partial charge < -0.3 is 40.5 Å². The number of carbonyl (C=O) groups excluding carboxylic acids is 7. The van der Waals surface area contributed by atoms with Crippen molar-refractivity contribution in [3.05, 3.63) is 35.9 Å². The first-order chi connectivity index (χ1) is 26.2. The fraction of sp³-hybridized carbons (Fsp3) is 0.683. The molecule has 6 atom stereocenters. The number of ketones is 1. The van der Waals surface area contributed by atoms with Gasteiger partial charge in [0.05, 0.1) is 18.2 Å². The fourth-order valence-corrected chi connectivity index (χ4v) is 7.85. The number of alkyl carbamates (subject to hydrolysis) is 1. The number of nitrogens with one attached hydrogen (secondary N) is 4. The van der Waals surface area contributed by atoms with E-state index in [9.17, 15) is 33.6 Å². The minimum Gasteiger partial charge on any atom is -0.444 e. The van der Waals surface area contributed by atoms with Crippen LogP contribution in [0.25, 0.3) is 0 Å². The summed E-state index contributed by atoms with van der Waals surface area (Å²) in [4.78, 5) is 97.8. The van der Waals surface area contributed by atoms with Crippen LogP contribution in [0.2, 0.25) is 0 Å². The van der Waals surface area contributed by atoms with E-state index >= 15 is 0 Å². The molecule has 3 fully saturated rings. The summed E-state index contributed by atoms with van der Waals surface area (Å²) in [6, 6.07) is 4.25. The van der Waals surface area contributed by atoms with Crippen molar-refractivity contribution in [3.63, 3.8) is 0 Å². The lowest BCUT2D eigenvalue weighted by Crippen LogP contribution is -2.63. The van der Waals surface area contributed by atoms with Gasteiger partial charge >= 0.3 is 6.09 Å². The van der Waals surface area contributed by atoms with Gasteiger partial charge in [-0.3, -0.25) is 28.8 Å². The molecule has 15 heteroatoms.